The number of rotatable bonds is 3. The SMILES string of the molecule is CC1(C)OC(C)(C)C(CN2CCN(S(C)(=O)=O)CC2)C1N. The summed E-state index contributed by atoms with van der Waals surface area (Å²) in [6.07, 6.45) is 1.27. The lowest BCUT2D eigenvalue weighted by molar-refractivity contribution is -0.0788. The van der Waals surface area contributed by atoms with Crippen molar-refractivity contribution in [2.75, 3.05) is 39.0 Å². The second kappa shape index (κ2) is 5.45. The van der Waals surface area contributed by atoms with E-state index < -0.39 is 10.0 Å². The van der Waals surface area contributed by atoms with Crippen LogP contribution in [0.1, 0.15) is 27.7 Å². The average molecular weight is 319 g/mol. The quantitative estimate of drug-likeness (QED) is 0.798. The molecule has 6 nitrogen and oxygen atoms in total. The minimum Gasteiger partial charge on any atom is -0.368 e. The topological polar surface area (TPSA) is 75.9 Å². The highest BCUT2D eigenvalue weighted by Crippen LogP contribution is 2.41. The summed E-state index contributed by atoms with van der Waals surface area (Å²) in [5, 5.41) is 0. The molecule has 2 heterocycles. The molecule has 2 aliphatic heterocycles. The van der Waals surface area contributed by atoms with Crippen molar-refractivity contribution in [2.24, 2.45) is 11.7 Å². The predicted molar refractivity (Wildman–Crippen MR) is 83.6 cm³/mol. The molecule has 2 aliphatic rings. The zero-order chi connectivity index (χ0) is 16.1. The Hall–Kier alpha value is -0.210. The fourth-order valence-corrected chi connectivity index (χ4v) is 4.42. The second-order valence-electron chi connectivity index (χ2n) is 7.40. The normalized spacial score (nSPS) is 34.2. The van der Waals surface area contributed by atoms with Crippen LogP contribution in [0.15, 0.2) is 0 Å². The van der Waals surface area contributed by atoms with Crippen molar-refractivity contribution in [1.82, 2.24) is 9.21 Å². The van der Waals surface area contributed by atoms with Gasteiger partial charge < -0.3 is 15.4 Å². The smallest absolute Gasteiger partial charge is 0.211 e. The van der Waals surface area contributed by atoms with Crippen molar-refractivity contribution in [2.45, 2.75) is 44.9 Å². The third kappa shape index (κ3) is 3.59. The van der Waals surface area contributed by atoms with E-state index in [0.29, 0.717) is 13.1 Å². The molecule has 2 atom stereocenters. The molecule has 0 radical (unpaired) electrons. The van der Waals surface area contributed by atoms with E-state index in [2.05, 4.69) is 18.7 Å². The molecule has 2 rings (SSSR count). The Labute approximate surface area is 128 Å². The van der Waals surface area contributed by atoms with Crippen molar-refractivity contribution < 1.29 is 13.2 Å². The van der Waals surface area contributed by atoms with E-state index in [9.17, 15) is 8.42 Å². The van der Waals surface area contributed by atoms with Crippen molar-refractivity contribution in [3.8, 4) is 0 Å². The first-order chi connectivity index (χ1) is 9.43. The molecule has 21 heavy (non-hydrogen) atoms. The molecular weight excluding hydrogens is 290 g/mol. The summed E-state index contributed by atoms with van der Waals surface area (Å²) in [6, 6.07) is -0.0135. The van der Waals surface area contributed by atoms with Crippen LogP contribution in [0.2, 0.25) is 0 Å². The van der Waals surface area contributed by atoms with Crippen LogP contribution in [0.3, 0.4) is 0 Å². The Morgan fingerprint density at radius 3 is 2.00 bits per heavy atom. The summed E-state index contributed by atoms with van der Waals surface area (Å²) in [5.74, 6) is 0.247. The Morgan fingerprint density at radius 1 is 1.10 bits per heavy atom. The van der Waals surface area contributed by atoms with Gasteiger partial charge in [0, 0.05) is 44.7 Å². The van der Waals surface area contributed by atoms with Crippen molar-refractivity contribution in [1.29, 1.82) is 0 Å². The van der Waals surface area contributed by atoms with Gasteiger partial charge in [-0.15, -0.1) is 0 Å². The van der Waals surface area contributed by atoms with Crippen LogP contribution >= 0.6 is 0 Å². The molecule has 124 valence electrons. The zero-order valence-corrected chi connectivity index (χ0v) is 14.6. The van der Waals surface area contributed by atoms with E-state index in [-0.39, 0.29) is 23.2 Å². The lowest BCUT2D eigenvalue weighted by atomic mass is 9.82. The van der Waals surface area contributed by atoms with Gasteiger partial charge in [-0.2, -0.15) is 4.31 Å². The van der Waals surface area contributed by atoms with E-state index in [0.717, 1.165) is 19.6 Å². The summed E-state index contributed by atoms with van der Waals surface area (Å²) in [7, 11) is -3.07. The van der Waals surface area contributed by atoms with Crippen LogP contribution in [0.25, 0.3) is 0 Å². The van der Waals surface area contributed by atoms with Crippen molar-refractivity contribution in [3.05, 3.63) is 0 Å². The van der Waals surface area contributed by atoms with E-state index in [4.69, 9.17) is 10.5 Å². The Balaban J connectivity index is 1.97. The van der Waals surface area contributed by atoms with Crippen LogP contribution in [-0.2, 0) is 14.8 Å². The number of nitrogens with zero attached hydrogens (tertiary/aromatic N) is 2. The Morgan fingerprint density at radius 2 is 1.62 bits per heavy atom. The highest BCUT2D eigenvalue weighted by Gasteiger charge is 2.52. The van der Waals surface area contributed by atoms with Gasteiger partial charge in [-0.25, -0.2) is 8.42 Å². The van der Waals surface area contributed by atoms with Gasteiger partial charge in [-0.05, 0) is 27.7 Å². The number of nitrogens with two attached hydrogens (primary N) is 1. The van der Waals surface area contributed by atoms with Gasteiger partial charge in [0.1, 0.15) is 0 Å². The molecule has 2 saturated heterocycles. The van der Waals surface area contributed by atoms with E-state index in [1.165, 1.54) is 6.26 Å². The van der Waals surface area contributed by atoms with Gasteiger partial charge in [0.2, 0.25) is 10.0 Å². The largest absolute Gasteiger partial charge is 0.368 e. The number of sulfonamides is 1. The maximum absolute atomic E-state index is 11.5. The highest BCUT2D eigenvalue weighted by atomic mass is 32.2. The molecule has 0 aliphatic carbocycles. The van der Waals surface area contributed by atoms with Crippen molar-refractivity contribution >= 4 is 10.0 Å². The number of piperazine rings is 1. The molecule has 0 aromatic rings. The Bertz CT molecular complexity index is 482. The fourth-order valence-electron chi connectivity index (χ4n) is 3.59. The summed E-state index contributed by atoms with van der Waals surface area (Å²) >= 11 is 0. The Kier molecular flexibility index (Phi) is 4.45. The molecule has 0 spiro atoms. The van der Waals surface area contributed by atoms with Crippen LogP contribution in [0.4, 0.5) is 0 Å². The van der Waals surface area contributed by atoms with Crippen LogP contribution < -0.4 is 5.73 Å². The highest BCUT2D eigenvalue weighted by molar-refractivity contribution is 7.88. The summed E-state index contributed by atoms with van der Waals surface area (Å²) in [5.41, 5.74) is 5.82. The van der Waals surface area contributed by atoms with Gasteiger partial charge in [0.25, 0.3) is 0 Å². The van der Waals surface area contributed by atoms with Gasteiger partial charge in [-0.1, -0.05) is 0 Å². The zero-order valence-electron chi connectivity index (χ0n) is 13.8. The molecule has 2 fully saturated rings. The number of ether oxygens (including phenoxy) is 1. The van der Waals surface area contributed by atoms with Gasteiger partial charge >= 0.3 is 0 Å². The summed E-state index contributed by atoms with van der Waals surface area (Å²) < 4.78 is 30.8. The molecule has 2 unspecified atom stereocenters. The third-order valence-corrected chi connectivity index (χ3v) is 6.21. The van der Waals surface area contributed by atoms with Crippen LogP contribution in [-0.4, -0.2) is 73.8 Å². The second-order valence-corrected chi connectivity index (χ2v) is 9.39. The maximum atomic E-state index is 11.5. The number of hydrogen-bond donors (Lipinski definition) is 1. The first kappa shape index (κ1) is 17.1. The van der Waals surface area contributed by atoms with E-state index in [1.807, 2.05) is 13.8 Å². The summed E-state index contributed by atoms with van der Waals surface area (Å²) in [6.45, 7) is 11.8. The molecule has 7 heteroatoms. The van der Waals surface area contributed by atoms with Crippen molar-refractivity contribution in [3.63, 3.8) is 0 Å². The van der Waals surface area contributed by atoms with Crippen LogP contribution in [0.5, 0.6) is 0 Å². The minimum absolute atomic E-state index is 0.0135. The molecule has 0 aromatic carbocycles. The molecule has 0 aromatic heterocycles. The van der Waals surface area contributed by atoms with Crippen LogP contribution in [0, 0.1) is 5.92 Å². The summed E-state index contributed by atoms with van der Waals surface area (Å²) in [4.78, 5) is 2.30. The maximum Gasteiger partial charge on any atom is 0.211 e. The standard InChI is InChI=1S/C14H29N3O3S/c1-13(2)11(12(15)14(3,4)20-13)10-16-6-8-17(9-7-16)21(5,18)19/h11-12H,6-10,15H2,1-5H3. The first-order valence-corrected chi connectivity index (χ1v) is 9.41. The first-order valence-electron chi connectivity index (χ1n) is 7.57. The minimum atomic E-state index is -3.07. The average Bonchev–Trinajstić information content (AvgIpc) is 2.47. The molecule has 0 saturated carbocycles. The van der Waals surface area contributed by atoms with Gasteiger partial charge in [0.15, 0.2) is 0 Å². The molecule has 2 N–H and O–H groups in total. The van der Waals surface area contributed by atoms with Gasteiger partial charge in [-0.3, -0.25) is 0 Å². The monoisotopic (exact) mass is 319 g/mol. The van der Waals surface area contributed by atoms with E-state index >= 15 is 0 Å². The molecule has 0 bridgehead atoms. The van der Waals surface area contributed by atoms with Gasteiger partial charge in [0.05, 0.1) is 17.5 Å². The van der Waals surface area contributed by atoms with E-state index in [1.54, 1.807) is 4.31 Å². The third-order valence-electron chi connectivity index (χ3n) is 4.91. The lowest BCUT2D eigenvalue weighted by Gasteiger charge is -2.37. The lowest BCUT2D eigenvalue weighted by Crippen LogP contribution is -2.53. The fraction of sp³-hybridized carbons (Fsp3) is 1.00. The predicted octanol–water partition coefficient (Wildman–Crippen LogP) is 0.0945. The molecular formula is C14H29N3O3S. The molecule has 0 amide bonds. The number of hydrogen-bond acceptors (Lipinski definition) is 5.